The van der Waals surface area contributed by atoms with Crippen molar-refractivity contribution in [1.29, 1.82) is 0 Å². The third-order valence-corrected chi connectivity index (χ3v) is 1.98. The molecule has 0 saturated heterocycles. The van der Waals surface area contributed by atoms with Crippen molar-refractivity contribution in [2.24, 2.45) is 0 Å². The van der Waals surface area contributed by atoms with Gasteiger partial charge in [-0.3, -0.25) is 0 Å². The maximum atomic E-state index is 5.49. The summed E-state index contributed by atoms with van der Waals surface area (Å²) in [5.41, 5.74) is 0. The lowest BCUT2D eigenvalue weighted by Crippen LogP contribution is -1.91. The van der Waals surface area contributed by atoms with Gasteiger partial charge in [-0.15, -0.1) is 0 Å². The molecular formula is C12H11O. The van der Waals surface area contributed by atoms with Gasteiger partial charge >= 0.3 is 0 Å². The second-order valence-electron chi connectivity index (χ2n) is 2.84. The Morgan fingerprint density at radius 2 is 2.08 bits per heavy atom. The van der Waals surface area contributed by atoms with Crippen LogP contribution in [0.4, 0.5) is 0 Å². The van der Waals surface area contributed by atoms with E-state index in [9.17, 15) is 0 Å². The number of ether oxygens (including phenoxy) is 1. The average Bonchev–Trinajstić information content (AvgIpc) is 2.19. The van der Waals surface area contributed by atoms with E-state index >= 15 is 0 Å². The molecule has 0 atom stereocenters. The van der Waals surface area contributed by atoms with Gasteiger partial charge in [-0.1, -0.05) is 24.3 Å². The quantitative estimate of drug-likeness (QED) is 0.674. The molecule has 0 heterocycles. The summed E-state index contributed by atoms with van der Waals surface area (Å²) in [6.45, 7) is 2.68. The molecular weight excluding hydrogens is 160 g/mol. The van der Waals surface area contributed by atoms with Crippen LogP contribution in [0.3, 0.4) is 0 Å². The van der Waals surface area contributed by atoms with Crippen LogP contribution in [0.2, 0.25) is 0 Å². The summed E-state index contributed by atoms with van der Waals surface area (Å²) in [5, 5.41) is 2.33. The standard InChI is InChI=1S/C12H11O/c1-2-13-12-9-5-7-10-6-3-4-8-11(10)12/h3-4,6-9H,2H2,1H3. The van der Waals surface area contributed by atoms with E-state index in [1.54, 1.807) is 0 Å². The molecule has 0 aromatic heterocycles. The van der Waals surface area contributed by atoms with Crippen molar-refractivity contribution in [3.8, 4) is 5.75 Å². The summed E-state index contributed by atoms with van der Waals surface area (Å²) in [5.74, 6) is 0.917. The molecule has 65 valence electrons. The summed E-state index contributed by atoms with van der Waals surface area (Å²) in [6, 6.07) is 15.1. The van der Waals surface area contributed by atoms with Crippen molar-refractivity contribution in [3.05, 3.63) is 42.5 Å². The molecule has 0 unspecified atom stereocenters. The maximum absolute atomic E-state index is 5.49. The smallest absolute Gasteiger partial charge is 0.127 e. The van der Waals surface area contributed by atoms with Crippen molar-refractivity contribution in [3.63, 3.8) is 0 Å². The van der Waals surface area contributed by atoms with Gasteiger partial charge < -0.3 is 4.74 Å². The van der Waals surface area contributed by atoms with E-state index < -0.39 is 0 Å². The van der Waals surface area contributed by atoms with Gasteiger partial charge in [-0.05, 0) is 30.5 Å². The van der Waals surface area contributed by atoms with Crippen LogP contribution in [0.5, 0.6) is 5.75 Å². The zero-order valence-corrected chi connectivity index (χ0v) is 7.58. The highest BCUT2D eigenvalue weighted by atomic mass is 16.5. The molecule has 0 saturated carbocycles. The van der Waals surface area contributed by atoms with E-state index in [2.05, 4.69) is 18.2 Å². The van der Waals surface area contributed by atoms with Crippen molar-refractivity contribution in [1.82, 2.24) is 0 Å². The summed E-state index contributed by atoms with van der Waals surface area (Å²) in [6.07, 6.45) is 0. The predicted octanol–water partition coefficient (Wildman–Crippen LogP) is 3.04. The average molecular weight is 171 g/mol. The summed E-state index contributed by atoms with van der Waals surface area (Å²) < 4.78 is 5.49. The fraction of sp³-hybridized carbons (Fsp3) is 0.167. The van der Waals surface area contributed by atoms with Crippen LogP contribution in [0.25, 0.3) is 10.8 Å². The van der Waals surface area contributed by atoms with E-state index in [-0.39, 0.29) is 0 Å². The summed E-state index contributed by atoms with van der Waals surface area (Å²) in [4.78, 5) is 0. The zero-order chi connectivity index (χ0) is 9.10. The van der Waals surface area contributed by atoms with Crippen LogP contribution in [0.1, 0.15) is 6.92 Å². The molecule has 0 aliphatic carbocycles. The highest BCUT2D eigenvalue weighted by Crippen LogP contribution is 2.24. The molecule has 0 amide bonds. The van der Waals surface area contributed by atoms with Crippen LogP contribution < -0.4 is 4.74 Å². The predicted molar refractivity (Wildman–Crippen MR) is 54.0 cm³/mol. The van der Waals surface area contributed by atoms with Crippen LogP contribution in [-0.2, 0) is 0 Å². The molecule has 0 aliphatic rings. The lowest BCUT2D eigenvalue weighted by atomic mass is 10.1. The Balaban J connectivity index is 2.61. The van der Waals surface area contributed by atoms with Crippen LogP contribution in [0.15, 0.2) is 36.4 Å². The highest BCUT2D eigenvalue weighted by Gasteiger charge is 1.98. The largest absolute Gasteiger partial charge is 0.493 e. The van der Waals surface area contributed by atoms with Gasteiger partial charge in [-0.2, -0.15) is 0 Å². The molecule has 0 fully saturated rings. The summed E-state index contributed by atoms with van der Waals surface area (Å²) >= 11 is 0. The Hall–Kier alpha value is -1.50. The first kappa shape index (κ1) is 8.11. The first-order valence-electron chi connectivity index (χ1n) is 4.43. The lowest BCUT2D eigenvalue weighted by molar-refractivity contribution is 0.344. The highest BCUT2D eigenvalue weighted by molar-refractivity contribution is 5.87. The van der Waals surface area contributed by atoms with Gasteiger partial charge in [0.15, 0.2) is 0 Å². The van der Waals surface area contributed by atoms with Gasteiger partial charge in [0.1, 0.15) is 5.75 Å². The van der Waals surface area contributed by atoms with E-state index in [4.69, 9.17) is 4.74 Å². The SMILES string of the molecule is CCOc1c[c]cc2ccccc12. The number of hydrogen-bond donors (Lipinski definition) is 0. The molecule has 0 N–H and O–H groups in total. The van der Waals surface area contributed by atoms with Crippen molar-refractivity contribution < 1.29 is 4.74 Å². The number of rotatable bonds is 2. The monoisotopic (exact) mass is 171 g/mol. The molecule has 0 aliphatic heterocycles. The molecule has 1 heteroatoms. The van der Waals surface area contributed by atoms with E-state index in [0.29, 0.717) is 6.61 Å². The van der Waals surface area contributed by atoms with Gasteiger partial charge in [0.25, 0.3) is 0 Å². The van der Waals surface area contributed by atoms with E-state index in [1.165, 1.54) is 5.39 Å². The minimum atomic E-state index is 0.696. The molecule has 13 heavy (non-hydrogen) atoms. The maximum Gasteiger partial charge on any atom is 0.127 e. The Labute approximate surface area is 78.0 Å². The Morgan fingerprint density at radius 1 is 1.23 bits per heavy atom. The van der Waals surface area contributed by atoms with Crippen LogP contribution >= 0.6 is 0 Å². The Bertz CT molecular complexity index is 401. The van der Waals surface area contributed by atoms with Gasteiger partial charge in [0.2, 0.25) is 0 Å². The normalized spacial score (nSPS) is 10.2. The van der Waals surface area contributed by atoms with Crippen molar-refractivity contribution in [2.45, 2.75) is 6.92 Å². The molecule has 0 bridgehead atoms. The topological polar surface area (TPSA) is 9.23 Å². The van der Waals surface area contributed by atoms with E-state index in [0.717, 1.165) is 11.1 Å². The minimum Gasteiger partial charge on any atom is -0.493 e. The van der Waals surface area contributed by atoms with Crippen molar-refractivity contribution in [2.75, 3.05) is 6.61 Å². The van der Waals surface area contributed by atoms with Gasteiger partial charge in [0.05, 0.1) is 6.61 Å². The van der Waals surface area contributed by atoms with Crippen LogP contribution in [0, 0.1) is 6.07 Å². The third-order valence-electron chi connectivity index (χ3n) is 1.98. The van der Waals surface area contributed by atoms with Gasteiger partial charge in [-0.25, -0.2) is 0 Å². The summed E-state index contributed by atoms with van der Waals surface area (Å²) in [7, 11) is 0. The molecule has 0 spiro atoms. The molecule has 1 nitrogen and oxygen atoms in total. The lowest BCUT2D eigenvalue weighted by Gasteiger charge is -2.05. The Kier molecular flexibility index (Phi) is 2.17. The molecule has 2 rings (SSSR count). The number of benzene rings is 2. The molecule has 2 aromatic rings. The third kappa shape index (κ3) is 1.50. The fourth-order valence-electron chi connectivity index (χ4n) is 1.41. The first-order chi connectivity index (χ1) is 6.42. The zero-order valence-electron chi connectivity index (χ0n) is 7.58. The first-order valence-corrected chi connectivity index (χ1v) is 4.43. The number of hydrogen-bond acceptors (Lipinski definition) is 1. The fourth-order valence-corrected chi connectivity index (χ4v) is 1.41. The van der Waals surface area contributed by atoms with Gasteiger partial charge in [0, 0.05) is 5.39 Å². The molecule has 1 radical (unpaired) electrons. The van der Waals surface area contributed by atoms with E-state index in [1.807, 2.05) is 31.2 Å². The van der Waals surface area contributed by atoms with Crippen LogP contribution in [-0.4, -0.2) is 6.61 Å². The minimum absolute atomic E-state index is 0.696. The Morgan fingerprint density at radius 3 is 2.92 bits per heavy atom. The number of fused-ring (bicyclic) bond motifs is 1. The second kappa shape index (κ2) is 3.48. The van der Waals surface area contributed by atoms with Crippen molar-refractivity contribution >= 4 is 10.8 Å². The second-order valence-corrected chi connectivity index (χ2v) is 2.84. The molecule has 2 aromatic carbocycles.